The average Bonchev–Trinajstić information content (AvgIpc) is 2.30. The SMILES string of the molecule is CCCC(C)CN[C@@H](C(=O)O)c1ccccc1. The normalized spacial score (nSPS) is 14.2. The predicted molar refractivity (Wildman–Crippen MR) is 68.9 cm³/mol. The summed E-state index contributed by atoms with van der Waals surface area (Å²) in [5, 5.41) is 12.3. The van der Waals surface area contributed by atoms with Gasteiger partial charge < -0.3 is 10.4 Å². The second-order valence-corrected chi connectivity index (χ2v) is 4.48. The molecular weight excluding hydrogens is 214 g/mol. The van der Waals surface area contributed by atoms with Crippen LogP contribution in [-0.2, 0) is 4.79 Å². The molecule has 0 aliphatic rings. The van der Waals surface area contributed by atoms with Crippen LogP contribution in [0.5, 0.6) is 0 Å². The topological polar surface area (TPSA) is 49.3 Å². The van der Waals surface area contributed by atoms with Crippen LogP contribution in [0, 0.1) is 5.92 Å². The van der Waals surface area contributed by atoms with Crippen molar-refractivity contribution in [2.75, 3.05) is 6.54 Å². The molecule has 3 nitrogen and oxygen atoms in total. The predicted octanol–water partition coefficient (Wildman–Crippen LogP) is 2.84. The number of carboxylic acid groups (broad SMARTS) is 1. The summed E-state index contributed by atoms with van der Waals surface area (Å²) in [6.45, 7) is 5.02. The molecule has 1 unspecified atom stereocenters. The van der Waals surface area contributed by atoms with Crippen LogP contribution in [0.15, 0.2) is 30.3 Å². The number of benzene rings is 1. The summed E-state index contributed by atoms with van der Waals surface area (Å²) in [4.78, 5) is 11.2. The number of rotatable bonds is 7. The number of hydrogen-bond donors (Lipinski definition) is 2. The molecular formula is C14H21NO2. The van der Waals surface area contributed by atoms with Crippen LogP contribution >= 0.6 is 0 Å². The monoisotopic (exact) mass is 235 g/mol. The van der Waals surface area contributed by atoms with Crippen LogP contribution in [0.25, 0.3) is 0 Å². The molecule has 17 heavy (non-hydrogen) atoms. The molecule has 94 valence electrons. The summed E-state index contributed by atoms with van der Waals surface area (Å²) in [5.41, 5.74) is 0.809. The zero-order valence-corrected chi connectivity index (χ0v) is 10.5. The van der Waals surface area contributed by atoms with Gasteiger partial charge in [0.1, 0.15) is 6.04 Å². The minimum Gasteiger partial charge on any atom is -0.480 e. The number of nitrogens with one attached hydrogen (secondary N) is 1. The third kappa shape index (κ3) is 4.57. The first kappa shape index (κ1) is 13.7. The van der Waals surface area contributed by atoms with Gasteiger partial charge in [-0.15, -0.1) is 0 Å². The molecule has 0 spiro atoms. The van der Waals surface area contributed by atoms with E-state index in [2.05, 4.69) is 19.2 Å². The molecule has 3 heteroatoms. The molecule has 0 aliphatic heterocycles. The zero-order valence-electron chi connectivity index (χ0n) is 10.5. The van der Waals surface area contributed by atoms with E-state index in [-0.39, 0.29) is 0 Å². The van der Waals surface area contributed by atoms with Crippen molar-refractivity contribution < 1.29 is 9.90 Å². The van der Waals surface area contributed by atoms with E-state index in [1.54, 1.807) is 0 Å². The Kier molecular flexibility index (Phi) is 5.70. The molecule has 0 saturated carbocycles. The summed E-state index contributed by atoms with van der Waals surface area (Å²) in [5.74, 6) is -0.314. The highest BCUT2D eigenvalue weighted by molar-refractivity contribution is 5.75. The maximum atomic E-state index is 11.2. The standard InChI is InChI=1S/C14H21NO2/c1-3-7-11(2)10-15-13(14(16)17)12-8-5-4-6-9-12/h4-6,8-9,11,13,15H,3,7,10H2,1-2H3,(H,16,17)/t11?,13-/m1/s1. The highest BCUT2D eigenvalue weighted by atomic mass is 16.4. The quantitative estimate of drug-likeness (QED) is 0.764. The Morgan fingerprint density at radius 2 is 2.00 bits per heavy atom. The van der Waals surface area contributed by atoms with Gasteiger partial charge in [-0.1, -0.05) is 50.6 Å². The van der Waals surface area contributed by atoms with Gasteiger partial charge in [-0.05, 0) is 24.4 Å². The third-order valence-corrected chi connectivity index (χ3v) is 2.83. The van der Waals surface area contributed by atoms with Crippen molar-refractivity contribution in [3.63, 3.8) is 0 Å². The lowest BCUT2D eigenvalue weighted by atomic mass is 10.0. The Morgan fingerprint density at radius 3 is 2.53 bits per heavy atom. The van der Waals surface area contributed by atoms with Gasteiger partial charge in [0.2, 0.25) is 0 Å². The van der Waals surface area contributed by atoms with E-state index in [1.165, 1.54) is 0 Å². The Balaban J connectivity index is 2.59. The first-order valence-electron chi connectivity index (χ1n) is 6.16. The summed E-state index contributed by atoms with van der Waals surface area (Å²) in [6, 6.07) is 8.70. The van der Waals surface area contributed by atoms with Crippen LogP contribution in [0.3, 0.4) is 0 Å². The lowest BCUT2D eigenvalue weighted by molar-refractivity contribution is -0.139. The number of aliphatic carboxylic acids is 1. The van der Waals surface area contributed by atoms with Crippen LogP contribution in [0.4, 0.5) is 0 Å². The number of carbonyl (C=O) groups is 1. The first-order chi connectivity index (χ1) is 8.15. The molecule has 0 heterocycles. The molecule has 0 saturated heterocycles. The Labute approximate surface area is 103 Å². The maximum absolute atomic E-state index is 11.2. The fraction of sp³-hybridized carbons (Fsp3) is 0.500. The van der Waals surface area contributed by atoms with Crippen LogP contribution in [0.2, 0.25) is 0 Å². The summed E-state index contributed by atoms with van der Waals surface area (Å²) in [7, 11) is 0. The molecule has 1 aromatic carbocycles. The van der Waals surface area contributed by atoms with Crippen LogP contribution < -0.4 is 5.32 Å². The smallest absolute Gasteiger partial charge is 0.325 e. The van der Waals surface area contributed by atoms with E-state index < -0.39 is 12.0 Å². The molecule has 2 atom stereocenters. The molecule has 0 aromatic heterocycles. The van der Waals surface area contributed by atoms with Crippen molar-refractivity contribution in [3.8, 4) is 0 Å². The van der Waals surface area contributed by atoms with E-state index in [4.69, 9.17) is 0 Å². The molecule has 0 fully saturated rings. The van der Waals surface area contributed by atoms with Gasteiger partial charge in [0.05, 0.1) is 0 Å². The van der Waals surface area contributed by atoms with Gasteiger partial charge in [0.25, 0.3) is 0 Å². The summed E-state index contributed by atoms with van der Waals surface area (Å²) < 4.78 is 0. The number of hydrogen-bond acceptors (Lipinski definition) is 2. The van der Waals surface area contributed by atoms with Crippen LogP contribution in [-0.4, -0.2) is 17.6 Å². The number of carboxylic acids is 1. The van der Waals surface area contributed by atoms with E-state index in [0.717, 1.165) is 24.9 Å². The molecule has 1 aromatic rings. The molecule has 0 bridgehead atoms. The van der Waals surface area contributed by atoms with Crippen molar-refractivity contribution in [1.29, 1.82) is 0 Å². The zero-order chi connectivity index (χ0) is 12.7. The molecule has 2 N–H and O–H groups in total. The van der Waals surface area contributed by atoms with E-state index in [0.29, 0.717) is 5.92 Å². The average molecular weight is 235 g/mol. The second kappa shape index (κ2) is 7.07. The first-order valence-corrected chi connectivity index (χ1v) is 6.16. The maximum Gasteiger partial charge on any atom is 0.325 e. The largest absolute Gasteiger partial charge is 0.480 e. The van der Waals surface area contributed by atoms with Crippen molar-refractivity contribution in [2.45, 2.75) is 32.7 Å². The fourth-order valence-electron chi connectivity index (χ4n) is 1.91. The second-order valence-electron chi connectivity index (χ2n) is 4.48. The van der Waals surface area contributed by atoms with Crippen molar-refractivity contribution >= 4 is 5.97 Å². The van der Waals surface area contributed by atoms with E-state index >= 15 is 0 Å². The van der Waals surface area contributed by atoms with Crippen molar-refractivity contribution in [2.24, 2.45) is 5.92 Å². The van der Waals surface area contributed by atoms with E-state index in [9.17, 15) is 9.90 Å². The molecule has 0 radical (unpaired) electrons. The minimum absolute atomic E-state index is 0.505. The molecule has 0 amide bonds. The minimum atomic E-state index is -0.820. The molecule has 0 aliphatic carbocycles. The van der Waals surface area contributed by atoms with Gasteiger partial charge in [-0.25, -0.2) is 0 Å². The highest BCUT2D eigenvalue weighted by Crippen LogP contribution is 2.14. The lowest BCUT2D eigenvalue weighted by Crippen LogP contribution is -2.31. The van der Waals surface area contributed by atoms with Gasteiger partial charge in [0, 0.05) is 0 Å². The van der Waals surface area contributed by atoms with Crippen molar-refractivity contribution in [1.82, 2.24) is 5.32 Å². The highest BCUT2D eigenvalue weighted by Gasteiger charge is 2.19. The van der Waals surface area contributed by atoms with E-state index in [1.807, 2.05) is 30.3 Å². The Hall–Kier alpha value is -1.35. The van der Waals surface area contributed by atoms with Crippen molar-refractivity contribution in [3.05, 3.63) is 35.9 Å². The van der Waals surface area contributed by atoms with Gasteiger partial charge in [-0.3, -0.25) is 4.79 Å². The lowest BCUT2D eigenvalue weighted by Gasteiger charge is -2.18. The fourth-order valence-corrected chi connectivity index (χ4v) is 1.91. The summed E-state index contributed by atoms with van der Waals surface area (Å²) >= 11 is 0. The van der Waals surface area contributed by atoms with Crippen LogP contribution in [0.1, 0.15) is 38.3 Å². The third-order valence-electron chi connectivity index (χ3n) is 2.83. The Bertz CT molecular complexity index is 337. The van der Waals surface area contributed by atoms with Gasteiger partial charge >= 0.3 is 5.97 Å². The summed E-state index contributed by atoms with van der Waals surface area (Å²) in [6.07, 6.45) is 2.25. The molecule has 1 rings (SSSR count). The van der Waals surface area contributed by atoms with Gasteiger partial charge in [-0.2, -0.15) is 0 Å². The van der Waals surface area contributed by atoms with Gasteiger partial charge in [0.15, 0.2) is 0 Å². The Morgan fingerprint density at radius 1 is 1.35 bits per heavy atom.